The lowest BCUT2D eigenvalue weighted by Gasteiger charge is -2.23. The van der Waals surface area contributed by atoms with Crippen molar-refractivity contribution in [3.05, 3.63) is 133 Å². The minimum Gasteiger partial charge on any atom is -0.187 e. The average Bonchev–Trinajstić information content (AvgIpc) is 2.89. The molecule has 0 N–H and O–H groups in total. The van der Waals surface area contributed by atoms with E-state index >= 15 is 0 Å². The molecule has 5 aromatic carbocycles. The molecule has 0 unspecified atom stereocenters. The lowest BCUT2D eigenvalue weighted by atomic mass is 9.90. The van der Waals surface area contributed by atoms with Crippen molar-refractivity contribution in [1.29, 1.82) is 0 Å². The second-order valence-electron chi connectivity index (χ2n) is 7.65. The third-order valence-corrected chi connectivity index (χ3v) is 5.58. The standard InChI is InChI=1S/C30H22NO/c32-31(27-19-11-4-12-20-27)30-28(24-15-7-2-8-16-24)21-26(23-13-5-1-6-14-23)22-29(30)25-17-9-3-10-18-25/h1-22H. The number of hydrogen-bond acceptors (Lipinski definition) is 1. The van der Waals surface area contributed by atoms with Crippen LogP contribution in [0, 0.1) is 0 Å². The van der Waals surface area contributed by atoms with Gasteiger partial charge in [-0.15, -0.1) is 0 Å². The Hall–Kier alpha value is -4.14. The van der Waals surface area contributed by atoms with E-state index in [1.165, 1.54) is 0 Å². The first-order valence-electron chi connectivity index (χ1n) is 10.7. The van der Waals surface area contributed by atoms with E-state index in [-0.39, 0.29) is 0 Å². The maximum Gasteiger partial charge on any atom is 0.0883 e. The molecule has 0 aromatic heterocycles. The molecular formula is C30H22NO. The number of rotatable bonds is 5. The van der Waals surface area contributed by atoms with Crippen LogP contribution in [-0.2, 0) is 5.21 Å². The Morgan fingerprint density at radius 1 is 0.406 bits per heavy atom. The van der Waals surface area contributed by atoms with Crippen molar-refractivity contribution in [3.8, 4) is 33.4 Å². The highest BCUT2D eigenvalue weighted by Crippen LogP contribution is 2.44. The highest BCUT2D eigenvalue weighted by atomic mass is 16.5. The summed E-state index contributed by atoms with van der Waals surface area (Å²) in [7, 11) is 0. The molecule has 0 spiro atoms. The number of anilines is 2. The van der Waals surface area contributed by atoms with Crippen LogP contribution in [0.5, 0.6) is 0 Å². The average molecular weight is 413 g/mol. The molecule has 5 aromatic rings. The van der Waals surface area contributed by atoms with Gasteiger partial charge >= 0.3 is 0 Å². The molecule has 2 nitrogen and oxygen atoms in total. The van der Waals surface area contributed by atoms with Crippen LogP contribution >= 0.6 is 0 Å². The van der Waals surface area contributed by atoms with E-state index in [4.69, 9.17) is 0 Å². The van der Waals surface area contributed by atoms with E-state index in [2.05, 4.69) is 48.5 Å². The van der Waals surface area contributed by atoms with Gasteiger partial charge in [0.25, 0.3) is 0 Å². The van der Waals surface area contributed by atoms with Crippen molar-refractivity contribution in [2.45, 2.75) is 0 Å². The van der Waals surface area contributed by atoms with E-state index in [1.807, 2.05) is 84.9 Å². The van der Waals surface area contributed by atoms with Crippen molar-refractivity contribution in [2.75, 3.05) is 5.06 Å². The predicted molar refractivity (Wildman–Crippen MR) is 132 cm³/mol. The maximum atomic E-state index is 13.8. The highest BCUT2D eigenvalue weighted by Gasteiger charge is 2.21. The molecule has 0 aliphatic heterocycles. The quantitative estimate of drug-likeness (QED) is 0.267. The van der Waals surface area contributed by atoms with Crippen molar-refractivity contribution < 1.29 is 5.21 Å². The molecule has 1 radical (unpaired) electrons. The molecule has 0 fully saturated rings. The van der Waals surface area contributed by atoms with E-state index in [9.17, 15) is 5.21 Å². The van der Waals surface area contributed by atoms with Crippen LogP contribution in [-0.4, -0.2) is 0 Å². The van der Waals surface area contributed by atoms with Gasteiger partial charge in [-0.3, -0.25) is 0 Å². The van der Waals surface area contributed by atoms with Crippen LogP contribution < -0.4 is 5.06 Å². The zero-order valence-corrected chi connectivity index (χ0v) is 17.6. The minimum absolute atomic E-state index is 0.606. The molecule has 0 saturated heterocycles. The van der Waals surface area contributed by atoms with Gasteiger partial charge in [-0.25, -0.2) is 0 Å². The van der Waals surface area contributed by atoms with Gasteiger partial charge in [0.1, 0.15) is 0 Å². The summed E-state index contributed by atoms with van der Waals surface area (Å²) in [6, 6.07) is 44.2. The number of para-hydroxylation sites is 1. The Labute approximate surface area is 188 Å². The lowest BCUT2D eigenvalue weighted by molar-refractivity contribution is 0.197. The minimum atomic E-state index is 0.606. The van der Waals surface area contributed by atoms with Gasteiger partial charge in [0.15, 0.2) is 0 Å². The first-order chi connectivity index (χ1) is 15.8. The van der Waals surface area contributed by atoms with E-state index in [0.717, 1.165) is 38.4 Å². The lowest BCUT2D eigenvalue weighted by Crippen LogP contribution is -2.11. The van der Waals surface area contributed by atoms with Crippen molar-refractivity contribution >= 4 is 11.4 Å². The Kier molecular flexibility index (Phi) is 5.52. The summed E-state index contributed by atoms with van der Waals surface area (Å²) in [5.41, 5.74) is 7.28. The number of hydrogen-bond donors (Lipinski definition) is 0. The van der Waals surface area contributed by atoms with E-state index in [1.54, 1.807) is 0 Å². The van der Waals surface area contributed by atoms with Gasteiger partial charge in [-0.1, -0.05) is 114 Å². The topological polar surface area (TPSA) is 23.1 Å². The number of benzene rings is 5. The SMILES string of the molecule is [O]N(c1ccccc1)c1c(-c2ccccc2)cc(-c2ccccc2)cc1-c1ccccc1. The van der Waals surface area contributed by atoms with Crippen LogP contribution in [0.15, 0.2) is 133 Å². The predicted octanol–water partition coefficient (Wildman–Crippen LogP) is 8.17. The Bertz CT molecular complexity index is 1240. The summed E-state index contributed by atoms with van der Waals surface area (Å²) in [5.74, 6) is 0. The third-order valence-electron chi connectivity index (χ3n) is 5.58. The first-order valence-corrected chi connectivity index (χ1v) is 10.7. The summed E-state index contributed by atoms with van der Waals surface area (Å²) < 4.78 is 0. The fourth-order valence-corrected chi connectivity index (χ4v) is 4.02. The van der Waals surface area contributed by atoms with Crippen LogP contribution in [0.3, 0.4) is 0 Å². The first kappa shape index (κ1) is 19.8. The van der Waals surface area contributed by atoms with Gasteiger partial charge in [0.2, 0.25) is 0 Å². The van der Waals surface area contributed by atoms with Crippen molar-refractivity contribution in [1.82, 2.24) is 0 Å². The van der Waals surface area contributed by atoms with Gasteiger partial charge in [0.05, 0.1) is 11.4 Å². The van der Waals surface area contributed by atoms with Gasteiger partial charge in [-0.2, -0.15) is 5.06 Å². The molecular weight excluding hydrogens is 390 g/mol. The summed E-state index contributed by atoms with van der Waals surface area (Å²) >= 11 is 0. The largest absolute Gasteiger partial charge is 0.187 e. The second kappa shape index (κ2) is 8.93. The Morgan fingerprint density at radius 2 is 0.781 bits per heavy atom. The Balaban J connectivity index is 1.84. The molecule has 153 valence electrons. The molecule has 0 atom stereocenters. The second-order valence-corrected chi connectivity index (χ2v) is 7.65. The summed E-state index contributed by atoms with van der Waals surface area (Å²) in [6.45, 7) is 0. The van der Waals surface area contributed by atoms with Crippen molar-refractivity contribution in [2.24, 2.45) is 0 Å². The zero-order valence-electron chi connectivity index (χ0n) is 17.6. The summed E-state index contributed by atoms with van der Waals surface area (Å²) in [5, 5.41) is 14.9. The number of nitrogens with zero attached hydrogens (tertiary/aromatic N) is 1. The molecule has 0 aliphatic rings. The third kappa shape index (κ3) is 3.92. The zero-order chi connectivity index (χ0) is 21.8. The van der Waals surface area contributed by atoms with Gasteiger partial charge < -0.3 is 0 Å². The monoisotopic (exact) mass is 412 g/mol. The smallest absolute Gasteiger partial charge is 0.0883 e. The summed E-state index contributed by atoms with van der Waals surface area (Å²) in [4.78, 5) is 0. The molecule has 2 heteroatoms. The molecule has 0 heterocycles. The normalized spacial score (nSPS) is 10.7. The highest BCUT2D eigenvalue weighted by molar-refractivity contribution is 5.96. The fourth-order valence-electron chi connectivity index (χ4n) is 4.02. The van der Waals surface area contributed by atoms with Gasteiger partial charge in [0, 0.05) is 11.1 Å². The van der Waals surface area contributed by atoms with Crippen molar-refractivity contribution in [3.63, 3.8) is 0 Å². The van der Waals surface area contributed by atoms with Crippen LogP contribution in [0.25, 0.3) is 33.4 Å². The maximum absolute atomic E-state index is 13.8. The summed E-state index contributed by atoms with van der Waals surface area (Å²) in [6.07, 6.45) is 0. The molecule has 0 saturated carbocycles. The van der Waals surface area contributed by atoms with E-state index < -0.39 is 0 Å². The molecule has 0 amide bonds. The van der Waals surface area contributed by atoms with Gasteiger partial charge in [-0.05, 0) is 46.5 Å². The molecule has 0 aliphatic carbocycles. The molecule has 0 bridgehead atoms. The van der Waals surface area contributed by atoms with Crippen LogP contribution in [0.2, 0.25) is 0 Å². The van der Waals surface area contributed by atoms with E-state index in [0.29, 0.717) is 11.4 Å². The van der Waals surface area contributed by atoms with Crippen LogP contribution in [0.1, 0.15) is 0 Å². The molecule has 5 rings (SSSR count). The Morgan fingerprint density at radius 3 is 1.22 bits per heavy atom. The molecule has 32 heavy (non-hydrogen) atoms. The van der Waals surface area contributed by atoms with Crippen LogP contribution in [0.4, 0.5) is 11.4 Å². The fraction of sp³-hybridized carbons (Fsp3) is 0.